The van der Waals surface area contributed by atoms with Gasteiger partial charge in [0.25, 0.3) is 0 Å². The van der Waals surface area contributed by atoms with Crippen molar-refractivity contribution >= 4 is 40.9 Å². The van der Waals surface area contributed by atoms with Gasteiger partial charge in [0.05, 0.1) is 7.92 Å². The van der Waals surface area contributed by atoms with Crippen LogP contribution in [0.5, 0.6) is 0 Å². The molecule has 0 aliphatic heterocycles. The minimum absolute atomic E-state index is 0. The largest absolute Gasteiger partial charge is 5.00 e. The van der Waals surface area contributed by atoms with Crippen LogP contribution in [0.1, 0.15) is 5.56 Å². The van der Waals surface area contributed by atoms with Crippen LogP contribution < -0.4 is 15.9 Å². The summed E-state index contributed by atoms with van der Waals surface area (Å²) >= 11 is 0. The van der Waals surface area contributed by atoms with Crippen molar-refractivity contribution < 1.29 is 45.7 Å². The van der Waals surface area contributed by atoms with Crippen LogP contribution >= 0.6 is 7.92 Å². The summed E-state index contributed by atoms with van der Waals surface area (Å²) in [4.78, 5) is 0. The van der Waals surface area contributed by atoms with Crippen LogP contribution in [-0.4, -0.2) is 17.1 Å². The molecule has 0 fully saturated rings. The van der Waals surface area contributed by atoms with Gasteiger partial charge in [-0.25, -0.2) is 36.4 Å². The smallest absolute Gasteiger partial charge is 0.366 e. The summed E-state index contributed by atoms with van der Waals surface area (Å²) in [6.45, 7) is 0. The second-order valence-electron chi connectivity index (χ2n) is 8.85. The fourth-order valence-corrected chi connectivity index (χ4v) is 6.38. The molecule has 3 radical (unpaired) electrons. The van der Waals surface area contributed by atoms with Gasteiger partial charge in [0.15, 0.2) is 0 Å². The van der Waals surface area contributed by atoms with E-state index in [0.29, 0.717) is 0 Å². The Labute approximate surface area is 314 Å². The molecule has 0 atom stereocenters. The Bertz CT molecular complexity index is 1340. The molecule has 0 unspecified atom stereocenters. The summed E-state index contributed by atoms with van der Waals surface area (Å²) in [5, 5.41) is 4.31. The molecule has 0 saturated heterocycles. The fraction of sp³-hybridized carbons (Fsp3) is 0. The first kappa shape index (κ1) is 41.9. The molecule has 0 aliphatic carbocycles. The summed E-state index contributed by atoms with van der Waals surface area (Å²) in [5.74, 6) is 2.28. The van der Waals surface area contributed by atoms with Gasteiger partial charge in [0.2, 0.25) is 0 Å². The SMILES string of the molecule is [C-]#Cc1ccccc1.[Ru+5].[Se].[Zr].c1cc[cH-]c1.c1cc[cH-]c1.c1cc[cH-]c1.c1ccc([PH+](c2ccccc2)c2ccccc2)cc1. The Morgan fingerprint density at radius 1 is 0.400 bits per heavy atom. The molecule has 0 nitrogen and oxygen atoms in total. The van der Waals surface area contributed by atoms with Gasteiger partial charge in [-0.3, -0.25) is 5.92 Å². The van der Waals surface area contributed by atoms with Crippen LogP contribution in [-0.2, 0) is 45.7 Å². The standard InChI is InChI=1S/C18H15P.C8H5.3C5H5.Ru.Se.Zr/c1-4-10-16(11-5-1)19(17-12-6-2-7-13-17)18-14-8-3-9-15-18;1-2-8-6-4-3-5-7-8;3*1-2-4-5-3-1;;;/h1-15H;3-7H;3*1-5H;;;/q;4*-1;+5;;/p+1. The van der Waals surface area contributed by atoms with Crippen molar-refractivity contribution in [2.75, 3.05) is 0 Å². The number of benzene rings is 4. The molecule has 221 valence electrons. The molecule has 4 heteroatoms. The Kier molecular flexibility index (Phi) is 26.5. The first-order chi connectivity index (χ1) is 20.9. The van der Waals surface area contributed by atoms with Crippen LogP contribution in [0.3, 0.4) is 0 Å². The second kappa shape index (κ2) is 28.4. The van der Waals surface area contributed by atoms with E-state index >= 15 is 0 Å². The van der Waals surface area contributed by atoms with E-state index in [1.165, 1.54) is 15.9 Å². The molecule has 0 heterocycles. The van der Waals surface area contributed by atoms with E-state index in [0.717, 1.165) is 5.56 Å². The van der Waals surface area contributed by atoms with Crippen molar-refractivity contribution in [3.05, 3.63) is 224 Å². The topological polar surface area (TPSA) is 0 Å². The van der Waals surface area contributed by atoms with Crippen molar-refractivity contribution in [1.29, 1.82) is 0 Å². The molecule has 7 aromatic carbocycles. The third-order valence-electron chi connectivity index (χ3n) is 5.77. The summed E-state index contributed by atoms with van der Waals surface area (Å²) < 4.78 is 0. The molecular formula is C41H36PRuSeZr+2. The maximum absolute atomic E-state index is 6.69. The summed E-state index contributed by atoms with van der Waals surface area (Å²) in [7, 11) is -0.877. The summed E-state index contributed by atoms with van der Waals surface area (Å²) in [6, 6.07) is 71.9. The van der Waals surface area contributed by atoms with Gasteiger partial charge < -0.3 is 6.42 Å². The average Bonchev–Trinajstić information content (AvgIpc) is 3.91. The summed E-state index contributed by atoms with van der Waals surface area (Å²) in [6.07, 6.45) is 6.69. The Balaban J connectivity index is 0.000000616. The number of hydrogen-bond donors (Lipinski definition) is 0. The molecule has 45 heavy (non-hydrogen) atoms. The van der Waals surface area contributed by atoms with Gasteiger partial charge in [-0.15, -0.1) is 17.7 Å². The molecular weight excluding hydrogens is 795 g/mol. The van der Waals surface area contributed by atoms with Crippen LogP contribution in [0.4, 0.5) is 0 Å². The zero-order valence-corrected chi connectivity index (χ0v) is 31.9. The molecule has 0 saturated carbocycles. The quantitative estimate of drug-likeness (QED) is 0.0725. The van der Waals surface area contributed by atoms with Gasteiger partial charge in [0, 0.05) is 43.3 Å². The third-order valence-corrected chi connectivity index (χ3v) is 8.50. The zero-order chi connectivity index (χ0) is 29.3. The van der Waals surface area contributed by atoms with Gasteiger partial charge in [0.1, 0.15) is 15.9 Å². The molecule has 0 spiro atoms. The van der Waals surface area contributed by atoms with Gasteiger partial charge >= 0.3 is 19.5 Å². The molecule has 7 aromatic rings. The summed E-state index contributed by atoms with van der Waals surface area (Å²) in [5.41, 5.74) is 0.826. The van der Waals surface area contributed by atoms with Crippen LogP contribution in [0.15, 0.2) is 212 Å². The van der Waals surface area contributed by atoms with Crippen LogP contribution in [0.25, 0.3) is 0 Å². The van der Waals surface area contributed by atoms with Gasteiger partial charge in [-0.2, -0.15) is 54.6 Å². The maximum atomic E-state index is 6.69. The predicted octanol–water partition coefficient (Wildman–Crippen LogP) is 8.63. The van der Waals surface area contributed by atoms with E-state index in [4.69, 9.17) is 6.42 Å². The number of rotatable bonds is 3. The number of hydrogen-bond acceptors (Lipinski definition) is 0. The third kappa shape index (κ3) is 18.5. The van der Waals surface area contributed by atoms with Crippen LogP contribution in [0, 0.1) is 12.3 Å². The predicted molar refractivity (Wildman–Crippen MR) is 191 cm³/mol. The first-order valence-corrected chi connectivity index (χ1v) is 15.4. The monoisotopic (exact) mass is 831 g/mol. The van der Waals surface area contributed by atoms with Crippen molar-refractivity contribution in [2.45, 2.75) is 0 Å². The van der Waals surface area contributed by atoms with E-state index < -0.39 is 7.92 Å². The van der Waals surface area contributed by atoms with E-state index in [1.807, 2.05) is 121 Å². The van der Waals surface area contributed by atoms with E-state index in [-0.39, 0.29) is 62.8 Å². The molecule has 0 amide bonds. The van der Waals surface area contributed by atoms with Crippen molar-refractivity contribution in [3.63, 3.8) is 0 Å². The average molecular weight is 831 g/mol. The molecule has 0 aromatic heterocycles. The minimum Gasteiger partial charge on any atom is -0.366 e. The molecule has 0 N–H and O–H groups in total. The second-order valence-corrected chi connectivity index (χ2v) is 11.3. The van der Waals surface area contributed by atoms with Crippen molar-refractivity contribution in [3.8, 4) is 5.92 Å². The maximum Gasteiger partial charge on any atom is 5.00 e. The molecule has 0 aliphatic rings. The van der Waals surface area contributed by atoms with E-state index in [9.17, 15) is 0 Å². The van der Waals surface area contributed by atoms with E-state index in [2.05, 4.69) is 96.9 Å². The minimum atomic E-state index is -0.877. The van der Waals surface area contributed by atoms with Gasteiger partial charge in [-0.05, 0) is 36.4 Å². The Morgan fingerprint density at radius 3 is 0.822 bits per heavy atom. The molecule has 7 rings (SSSR count). The van der Waals surface area contributed by atoms with Crippen molar-refractivity contribution in [1.82, 2.24) is 0 Å². The van der Waals surface area contributed by atoms with E-state index in [1.54, 1.807) is 0 Å². The van der Waals surface area contributed by atoms with Crippen molar-refractivity contribution in [2.24, 2.45) is 0 Å². The fourth-order valence-electron chi connectivity index (χ4n) is 3.80. The normalized spacial score (nSPS) is 8.53. The van der Waals surface area contributed by atoms with Gasteiger partial charge in [-0.1, -0.05) is 72.8 Å². The molecule has 0 bridgehead atoms. The zero-order valence-electron chi connectivity index (χ0n) is 25.0. The van der Waals surface area contributed by atoms with Crippen LogP contribution in [0.2, 0.25) is 0 Å². The Hall–Kier alpha value is -3.05. The first-order valence-electron chi connectivity index (χ1n) is 13.9. The Morgan fingerprint density at radius 2 is 0.644 bits per heavy atom.